The molecule has 0 radical (unpaired) electrons. The number of nitrogens with zero attached hydrogens (tertiary/aromatic N) is 2. The zero-order valence-electron chi connectivity index (χ0n) is 15.7. The maximum Gasteiger partial charge on any atom is 0.291 e. The molecule has 2 aromatic carbocycles. The number of benzene rings is 2. The summed E-state index contributed by atoms with van der Waals surface area (Å²) in [6.45, 7) is 1.95. The quantitative estimate of drug-likeness (QED) is 0.467. The first kappa shape index (κ1) is 20.3. The molecule has 29 heavy (non-hydrogen) atoms. The Hall–Kier alpha value is -3.39. The van der Waals surface area contributed by atoms with Crippen LogP contribution >= 0.6 is 11.6 Å². The largest absolute Gasteiger partial charge is 0.489 e. The summed E-state index contributed by atoms with van der Waals surface area (Å²) >= 11 is 6.06. The van der Waals surface area contributed by atoms with Gasteiger partial charge in [-0.25, -0.2) is 4.98 Å². The van der Waals surface area contributed by atoms with E-state index in [4.69, 9.17) is 16.3 Å². The van der Waals surface area contributed by atoms with Gasteiger partial charge in [0.25, 0.3) is 5.91 Å². The number of nitrogens with one attached hydrogen (secondary N) is 3. The molecule has 9 heteroatoms. The topological polar surface area (TPSA) is 109 Å². The van der Waals surface area contributed by atoms with E-state index >= 15 is 0 Å². The van der Waals surface area contributed by atoms with Gasteiger partial charge >= 0.3 is 0 Å². The van der Waals surface area contributed by atoms with Gasteiger partial charge in [-0.05, 0) is 24.6 Å². The summed E-state index contributed by atoms with van der Waals surface area (Å²) in [5.41, 5.74) is 1.45. The number of halogens is 1. The number of para-hydroxylation sites is 1. The van der Waals surface area contributed by atoms with Crippen LogP contribution in [0.3, 0.4) is 0 Å². The van der Waals surface area contributed by atoms with Crippen molar-refractivity contribution in [2.75, 3.05) is 11.9 Å². The van der Waals surface area contributed by atoms with Gasteiger partial charge in [-0.2, -0.15) is 0 Å². The highest BCUT2D eigenvalue weighted by Gasteiger charge is 2.16. The molecule has 3 rings (SSSR count). The Bertz CT molecular complexity index is 977. The van der Waals surface area contributed by atoms with Crippen molar-refractivity contribution in [2.45, 2.75) is 19.4 Å². The summed E-state index contributed by atoms with van der Waals surface area (Å²) in [5, 5.41) is 12.4. The minimum absolute atomic E-state index is 0.0637. The number of aromatic amines is 1. The van der Waals surface area contributed by atoms with E-state index in [-0.39, 0.29) is 18.5 Å². The second-order valence-corrected chi connectivity index (χ2v) is 6.74. The molecule has 0 saturated heterocycles. The zero-order chi connectivity index (χ0) is 20.6. The van der Waals surface area contributed by atoms with Crippen molar-refractivity contribution in [3.05, 3.63) is 70.8 Å². The summed E-state index contributed by atoms with van der Waals surface area (Å²) < 4.78 is 5.68. The molecular weight excluding hydrogens is 394 g/mol. The van der Waals surface area contributed by atoms with Crippen molar-refractivity contribution >= 4 is 29.6 Å². The molecule has 0 fully saturated rings. The van der Waals surface area contributed by atoms with E-state index in [1.165, 1.54) is 0 Å². The van der Waals surface area contributed by atoms with Crippen molar-refractivity contribution in [1.82, 2.24) is 20.5 Å². The van der Waals surface area contributed by atoms with E-state index in [1.54, 1.807) is 25.1 Å². The molecule has 0 aliphatic rings. The molecular formula is C20H20ClN5O3. The minimum atomic E-state index is -0.408. The molecule has 0 saturated carbocycles. The summed E-state index contributed by atoms with van der Waals surface area (Å²) in [4.78, 5) is 27.3. The smallest absolute Gasteiger partial charge is 0.291 e. The van der Waals surface area contributed by atoms with Crippen molar-refractivity contribution in [2.24, 2.45) is 0 Å². The van der Waals surface area contributed by atoms with Crippen LogP contribution in [-0.2, 0) is 11.2 Å². The fourth-order valence-corrected chi connectivity index (χ4v) is 2.85. The Morgan fingerprint density at radius 2 is 2.03 bits per heavy atom. The standard InChI is InChI=1S/C20H20ClN5O3/c1-13(11-29-16-9-5-8-15(21)18(16)22-12-27)23-20(28)19-24-17(25-26-19)10-14-6-3-2-4-7-14/h2-9,12-13H,10-11H2,1H3,(H,22,27)(H,23,28)(H,24,25,26)/t13-/m1/s1. The molecule has 1 atom stereocenters. The van der Waals surface area contributed by atoms with Crippen molar-refractivity contribution in [1.29, 1.82) is 0 Å². The maximum absolute atomic E-state index is 12.4. The average Bonchev–Trinajstić information content (AvgIpc) is 3.18. The van der Waals surface area contributed by atoms with Crippen LogP contribution in [0, 0.1) is 0 Å². The number of anilines is 1. The lowest BCUT2D eigenvalue weighted by Gasteiger charge is -2.16. The number of ether oxygens (including phenoxy) is 1. The molecule has 0 bridgehead atoms. The number of aromatic nitrogens is 3. The second kappa shape index (κ2) is 9.70. The molecule has 3 N–H and O–H groups in total. The zero-order valence-corrected chi connectivity index (χ0v) is 16.4. The van der Waals surface area contributed by atoms with E-state index in [0.717, 1.165) is 5.56 Å². The molecule has 0 aliphatic carbocycles. The number of carbonyl (C=O) groups is 2. The lowest BCUT2D eigenvalue weighted by Crippen LogP contribution is -2.37. The number of rotatable bonds is 9. The van der Waals surface area contributed by atoms with Crippen molar-refractivity contribution < 1.29 is 14.3 Å². The molecule has 0 spiro atoms. The van der Waals surface area contributed by atoms with E-state index in [0.29, 0.717) is 35.1 Å². The van der Waals surface area contributed by atoms with E-state index < -0.39 is 5.91 Å². The Kier molecular flexibility index (Phi) is 6.80. The lowest BCUT2D eigenvalue weighted by molar-refractivity contribution is -0.105. The predicted molar refractivity (Wildman–Crippen MR) is 109 cm³/mol. The number of H-pyrrole nitrogens is 1. The predicted octanol–water partition coefficient (Wildman–Crippen LogP) is 2.81. The summed E-state index contributed by atoms with van der Waals surface area (Å²) in [7, 11) is 0. The van der Waals surface area contributed by atoms with Crippen LogP contribution in [-0.4, -0.2) is 40.1 Å². The number of amides is 2. The SMILES string of the molecule is C[C@H](COc1cccc(Cl)c1NC=O)NC(=O)c1n[nH]c(Cc2ccccc2)n1. The van der Waals surface area contributed by atoms with Gasteiger partial charge < -0.3 is 15.4 Å². The minimum Gasteiger partial charge on any atom is -0.489 e. The Balaban J connectivity index is 1.55. The fourth-order valence-electron chi connectivity index (χ4n) is 2.63. The Morgan fingerprint density at radius 3 is 2.79 bits per heavy atom. The number of hydrogen-bond acceptors (Lipinski definition) is 5. The van der Waals surface area contributed by atoms with Gasteiger partial charge in [-0.15, -0.1) is 5.10 Å². The first-order chi connectivity index (χ1) is 14.1. The van der Waals surface area contributed by atoms with Gasteiger partial charge in [0.05, 0.1) is 11.1 Å². The van der Waals surface area contributed by atoms with E-state index in [1.807, 2.05) is 30.3 Å². The van der Waals surface area contributed by atoms with Crippen LogP contribution in [0.25, 0.3) is 0 Å². The van der Waals surface area contributed by atoms with Gasteiger partial charge in [-0.3, -0.25) is 14.7 Å². The fraction of sp³-hybridized carbons (Fsp3) is 0.200. The normalized spacial score (nSPS) is 11.5. The molecule has 8 nitrogen and oxygen atoms in total. The van der Waals surface area contributed by atoms with Gasteiger partial charge in [0.15, 0.2) is 0 Å². The highest BCUT2D eigenvalue weighted by Crippen LogP contribution is 2.31. The second-order valence-electron chi connectivity index (χ2n) is 6.33. The molecule has 1 aromatic heterocycles. The van der Waals surface area contributed by atoms with Crippen LogP contribution in [0.5, 0.6) is 5.75 Å². The van der Waals surface area contributed by atoms with Gasteiger partial charge in [0.1, 0.15) is 23.9 Å². The van der Waals surface area contributed by atoms with Gasteiger partial charge in [0, 0.05) is 6.42 Å². The van der Waals surface area contributed by atoms with Crippen LogP contribution in [0.2, 0.25) is 5.02 Å². The highest BCUT2D eigenvalue weighted by molar-refractivity contribution is 6.33. The lowest BCUT2D eigenvalue weighted by atomic mass is 10.1. The summed E-state index contributed by atoms with van der Waals surface area (Å²) in [5.74, 6) is 0.672. The Morgan fingerprint density at radius 1 is 1.24 bits per heavy atom. The van der Waals surface area contributed by atoms with E-state index in [2.05, 4.69) is 25.8 Å². The first-order valence-electron chi connectivity index (χ1n) is 8.94. The van der Waals surface area contributed by atoms with Gasteiger partial charge in [0.2, 0.25) is 12.2 Å². The molecule has 0 unspecified atom stereocenters. The molecule has 3 aromatic rings. The van der Waals surface area contributed by atoms with E-state index in [9.17, 15) is 9.59 Å². The van der Waals surface area contributed by atoms with Crippen molar-refractivity contribution in [3.63, 3.8) is 0 Å². The van der Waals surface area contributed by atoms with Crippen molar-refractivity contribution in [3.8, 4) is 5.75 Å². The third-order valence-corrected chi connectivity index (χ3v) is 4.31. The van der Waals surface area contributed by atoms with Crippen LogP contribution < -0.4 is 15.4 Å². The summed E-state index contributed by atoms with van der Waals surface area (Å²) in [6, 6.07) is 14.5. The third kappa shape index (κ3) is 5.55. The molecule has 2 amide bonds. The summed E-state index contributed by atoms with van der Waals surface area (Å²) in [6.07, 6.45) is 1.08. The van der Waals surface area contributed by atoms with Gasteiger partial charge in [-0.1, -0.05) is 48.0 Å². The monoisotopic (exact) mass is 413 g/mol. The molecule has 150 valence electrons. The number of hydrogen-bond donors (Lipinski definition) is 3. The maximum atomic E-state index is 12.4. The Labute approximate surface area is 172 Å². The van der Waals surface area contributed by atoms with Crippen LogP contribution in [0.1, 0.15) is 28.9 Å². The third-order valence-electron chi connectivity index (χ3n) is 3.99. The first-order valence-corrected chi connectivity index (χ1v) is 9.32. The highest BCUT2D eigenvalue weighted by atomic mass is 35.5. The number of carbonyl (C=O) groups excluding carboxylic acids is 2. The molecule has 1 heterocycles. The average molecular weight is 414 g/mol. The molecule has 0 aliphatic heterocycles. The van der Waals surface area contributed by atoms with Crippen LogP contribution in [0.4, 0.5) is 5.69 Å². The van der Waals surface area contributed by atoms with Crippen LogP contribution in [0.15, 0.2) is 48.5 Å².